The van der Waals surface area contributed by atoms with Crippen LogP contribution in [0.4, 0.5) is 0 Å². The monoisotopic (exact) mass is 203 g/mol. The van der Waals surface area contributed by atoms with Gasteiger partial charge >= 0.3 is 5.97 Å². The maximum absolute atomic E-state index is 11.5. The van der Waals surface area contributed by atoms with E-state index >= 15 is 0 Å². The normalized spacial score (nSPS) is 10.4. The molecule has 2 rings (SSSR count). The molecule has 1 aliphatic heterocycles. The Hall–Kier alpha value is -2.10. The van der Waals surface area contributed by atoms with E-state index in [1.54, 1.807) is 18.2 Å². The first kappa shape index (κ1) is 9.45. The molecular weight excluding hydrogens is 194 g/mol. The van der Waals surface area contributed by atoms with E-state index in [9.17, 15) is 9.59 Å². The molecule has 4 nitrogen and oxygen atoms in total. The van der Waals surface area contributed by atoms with E-state index in [4.69, 9.17) is 5.11 Å². The summed E-state index contributed by atoms with van der Waals surface area (Å²) in [6.07, 6.45) is 0. The van der Waals surface area contributed by atoms with Crippen molar-refractivity contribution < 1.29 is 9.90 Å². The molecule has 0 saturated carbocycles. The van der Waals surface area contributed by atoms with Gasteiger partial charge in [-0.05, 0) is 6.07 Å². The smallest absolute Gasteiger partial charge is 0.323 e. The van der Waals surface area contributed by atoms with E-state index in [1.165, 1.54) is 10.6 Å². The third kappa shape index (κ3) is 1.74. The minimum Gasteiger partial charge on any atom is -0.480 e. The average Bonchev–Trinajstić information content (AvgIpc) is 2.39. The van der Waals surface area contributed by atoms with Gasteiger partial charge in [0, 0.05) is 11.6 Å². The van der Waals surface area contributed by atoms with Gasteiger partial charge in [0.05, 0.1) is 5.69 Å². The standard InChI is InChI=1S/C11H9NO3/c13-10-6-8-4-2-1-3-5-9(8)12(10)7-11(14)15/h1-6H,7H2,(H,14,15). The Morgan fingerprint density at radius 3 is 2.73 bits per heavy atom. The Balaban J connectivity index is 2.63. The van der Waals surface area contributed by atoms with Crippen molar-refractivity contribution in [2.75, 3.05) is 0 Å². The van der Waals surface area contributed by atoms with Gasteiger partial charge < -0.3 is 5.11 Å². The third-order valence-electron chi connectivity index (χ3n) is 2.18. The minimum atomic E-state index is -1.02. The lowest BCUT2D eigenvalue weighted by molar-refractivity contribution is -0.137. The Labute approximate surface area is 85.7 Å². The fourth-order valence-corrected chi connectivity index (χ4v) is 1.55. The van der Waals surface area contributed by atoms with Gasteiger partial charge in [-0.1, -0.05) is 24.3 Å². The summed E-state index contributed by atoms with van der Waals surface area (Å²) < 4.78 is 1.25. The second-order valence-electron chi connectivity index (χ2n) is 3.21. The number of rotatable bonds is 2. The molecule has 0 aromatic carbocycles. The zero-order valence-corrected chi connectivity index (χ0v) is 7.88. The molecule has 0 atom stereocenters. The first-order chi connectivity index (χ1) is 7.18. The van der Waals surface area contributed by atoms with Crippen molar-refractivity contribution >= 4 is 5.97 Å². The fraction of sp³-hybridized carbons (Fsp3) is 0.0909. The number of nitrogens with zero attached hydrogens (tertiary/aromatic N) is 1. The molecule has 0 spiro atoms. The van der Waals surface area contributed by atoms with Gasteiger partial charge in [0.1, 0.15) is 6.54 Å². The maximum Gasteiger partial charge on any atom is 0.323 e. The summed E-state index contributed by atoms with van der Waals surface area (Å²) in [7, 11) is 0. The van der Waals surface area contributed by atoms with Gasteiger partial charge in [-0.2, -0.15) is 0 Å². The van der Waals surface area contributed by atoms with E-state index in [0.29, 0.717) is 5.69 Å². The molecule has 0 bridgehead atoms. The lowest BCUT2D eigenvalue weighted by Crippen LogP contribution is -2.19. The molecule has 0 aromatic heterocycles. The van der Waals surface area contributed by atoms with Crippen LogP contribution in [-0.2, 0) is 11.3 Å². The van der Waals surface area contributed by atoms with Crippen LogP contribution in [0.5, 0.6) is 0 Å². The van der Waals surface area contributed by atoms with Crippen LogP contribution in [0.1, 0.15) is 0 Å². The number of fused-ring (bicyclic) bond motifs is 1. The Bertz CT molecular complexity index is 530. The van der Waals surface area contributed by atoms with Crippen LogP contribution in [0.3, 0.4) is 0 Å². The van der Waals surface area contributed by atoms with Crippen molar-refractivity contribution in [3.8, 4) is 11.3 Å². The number of carboxylic acid groups (broad SMARTS) is 1. The van der Waals surface area contributed by atoms with Crippen LogP contribution in [-0.4, -0.2) is 15.6 Å². The Morgan fingerprint density at radius 2 is 2.00 bits per heavy atom. The van der Waals surface area contributed by atoms with E-state index < -0.39 is 5.97 Å². The van der Waals surface area contributed by atoms with Crippen molar-refractivity contribution in [3.05, 3.63) is 46.8 Å². The van der Waals surface area contributed by atoms with Crippen LogP contribution in [0.25, 0.3) is 11.3 Å². The quantitative estimate of drug-likeness (QED) is 0.793. The molecule has 15 heavy (non-hydrogen) atoms. The summed E-state index contributed by atoms with van der Waals surface area (Å²) in [6, 6.07) is 10.4. The summed E-state index contributed by atoms with van der Waals surface area (Å²) in [5.41, 5.74) is 1.12. The van der Waals surface area contributed by atoms with Crippen molar-refractivity contribution in [1.82, 2.24) is 4.57 Å². The van der Waals surface area contributed by atoms with Crippen LogP contribution in [0.2, 0.25) is 0 Å². The number of aliphatic carboxylic acids is 1. The van der Waals surface area contributed by atoms with Gasteiger partial charge in [-0.25, -0.2) is 0 Å². The fourth-order valence-electron chi connectivity index (χ4n) is 1.55. The van der Waals surface area contributed by atoms with E-state index in [-0.39, 0.29) is 12.1 Å². The van der Waals surface area contributed by atoms with E-state index in [0.717, 1.165) is 5.56 Å². The number of carboxylic acids is 1. The molecule has 1 N–H and O–H groups in total. The molecular formula is C11H9NO3. The molecule has 0 aromatic rings. The van der Waals surface area contributed by atoms with Gasteiger partial charge in [0.2, 0.25) is 0 Å². The molecule has 1 heterocycles. The Kier molecular flexibility index (Phi) is 2.25. The predicted molar refractivity (Wildman–Crippen MR) is 55.0 cm³/mol. The highest BCUT2D eigenvalue weighted by Crippen LogP contribution is 2.17. The van der Waals surface area contributed by atoms with Gasteiger partial charge in [0.15, 0.2) is 0 Å². The van der Waals surface area contributed by atoms with Crippen molar-refractivity contribution in [1.29, 1.82) is 0 Å². The maximum atomic E-state index is 11.5. The highest BCUT2D eigenvalue weighted by molar-refractivity contribution is 5.69. The third-order valence-corrected chi connectivity index (χ3v) is 2.18. The molecule has 0 amide bonds. The molecule has 0 unspecified atom stereocenters. The first-order valence-electron chi connectivity index (χ1n) is 4.49. The highest BCUT2D eigenvalue weighted by atomic mass is 16.4. The summed E-state index contributed by atoms with van der Waals surface area (Å²) >= 11 is 0. The van der Waals surface area contributed by atoms with E-state index in [2.05, 4.69) is 0 Å². The van der Waals surface area contributed by atoms with Gasteiger partial charge in [-0.15, -0.1) is 0 Å². The topological polar surface area (TPSA) is 59.3 Å². The molecule has 2 aliphatic rings. The van der Waals surface area contributed by atoms with Gasteiger partial charge in [-0.3, -0.25) is 14.2 Å². The van der Waals surface area contributed by atoms with Gasteiger partial charge in [0.25, 0.3) is 5.56 Å². The number of hydrogen-bond donors (Lipinski definition) is 1. The van der Waals surface area contributed by atoms with Crippen LogP contribution in [0.15, 0.2) is 41.2 Å². The molecule has 0 saturated heterocycles. The first-order valence-corrected chi connectivity index (χ1v) is 4.49. The molecule has 0 fully saturated rings. The summed E-state index contributed by atoms with van der Waals surface area (Å²) in [5, 5.41) is 8.67. The largest absolute Gasteiger partial charge is 0.480 e. The number of hydrogen-bond acceptors (Lipinski definition) is 2. The zero-order chi connectivity index (χ0) is 10.8. The lowest BCUT2D eigenvalue weighted by atomic mass is 10.2. The lowest BCUT2D eigenvalue weighted by Gasteiger charge is -2.00. The number of aromatic nitrogens is 1. The summed E-state index contributed by atoms with van der Waals surface area (Å²) in [6.45, 7) is -0.299. The van der Waals surface area contributed by atoms with Crippen LogP contribution >= 0.6 is 0 Å². The second-order valence-corrected chi connectivity index (χ2v) is 3.21. The second kappa shape index (κ2) is 3.57. The van der Waals surface area contributed by atoms with Crippen LogP contribution < -0.4 is 5.56 Å². The summed E-state index contributed by atoms with van der Waals surface area (Å²) in [5.74, 6) is -1.02. The molecule has 76 valence electrons. The SMILES string of the molecule is O=C(O)Cn1c2cccccc-2cc1=O. The molecule has 1 aliphatic carbocycles. The molecule has 0 radical (unpaired) electrons. The van der Waals surface area contributed by atoms with Crippen molar-refractivity contribution in [3.63, 3.8) is 0 Å². The van der Waals surface area contributed by atoms with Crippen molar-refractivity contribution in [2.45, 2.75) is 6.54 Å². The predicted octanol–water partition coefficient (Wildman–Crippen LogP) is 1.04. The van der Waals surface area contributed by atoms with Crippen LogP contribution in [0, 0.1) is 0 Å². The minimum absolute atomic E-state index is 0.279. The average molecular weight is 203 g/mol. The molecule has 4 heteroatoms. The summed E-state index contributed by atoms with van der Waals surface area (Å²) in [4.78, 5) is 22.1. The van der Waals surface area contributed by atoms with Crippen molar-refractivity contribution in [2.24, 2.45) is 0 Å². The zero-order valence-electron chi connectivity index (χ0n) is 7.88. The van der Waals surface area contributed by atoms with E-state index in [1.807, 2.05) is 12.1 Å². The highest BCUT2D eigenvalue weighted by Gasteiger charge is 2.12. The Morgan fingerprint density at radius 1 is 1.27 bits per heavy atom. The number of carbonyl (C=O) groups is 1.